The number of rotatable bonds is 1. The van der Waals surface area contributed by atoms with Crippen LogP contribution in [-0.4, -0.2) is 18.0 Å². The lowest BCUT2D eigenvalue weighted by molar-refractivity contribution is 0.472. The van der Waals surface area contributed by atoms with E-state index in [4.69, 9.17) is 17.3 Å². The molecule has 1 aliphatic carbocycles. The summed E-state index contributed by atoms with van der Waals surface area (Å²) >= 11 is 6.06. The van der Waals surface area contributed by atoms with Gasteiger partial charge in [0.2, 0.25) is 0 Å². The van der Waals surface area contributed by atoms with Crippen molar-refractivity contribution in [1.29, 1.82) is 0 Å². The van der Waals surface area contributed by atoms with E-state index in [1.54, 1.807) is 0 Å². The van der Waals surface area contributed by atoms with Gasteiger partial charge in [-0.1, -0.05) is 30.5 Å². The highest BCUT2D eigenvalue weighted by Gasteiger charge is 2.44. The Hall–Kier alpha value is -1.22. The van der Waals surface area contributed by atoms with Gasteiger partial charge in [0.15, 0.2) is 5.96 Å². The first-order chi connectivity index (χ1) is 8.21. The van der Waals surface area contributed by atoms with Crippen molar-refractivity contribution in [2.45, 2.75) is 31.2 Å². The van der Waals surface area contributed by atoms with Crippen molar-refractivity contribution in [3.8, 4) is 0 Å². The Labute approximate surface area is 106 Å². The molecule has 0 atom stereocenters. The van der Waals surface area contributed by atoms with E-state index in [2.05, 4.69) is 16.0 Å². The molecule has 0 amide bonds. The lowest BCUT2D eigenvalue weighted by atomic mass is 9.96. The highest BCUT2D eigenvalue weighted by atomic mass is 35.5. The fourth-order valence-corrected chi connectivity index (χ4v) is 3.23. The molecular weight excluding hydrogens is 234 g/mol. The maximum atomic E-state index is 6.06. The number of anilines is 1. The topological polar surface area (TPSA) is 41.6 Å². The third-order valence-corrected chi connectivity index (χ3v) is 4.07. The minimum Gasteiger partial charge on any atom is -0.369 e. The molecule has 0 saturated heterocycles. The van der Waals surface area contributed by atoms with E-state index in [-0.39, 0.29) is 5.54 Å². The summed E-state index contributed by atoms with van der Waals surface area (Å²) in [7, 11) is 0. The summed E-state index contributed by atoms with van der Waals surface area (Å²) in [5.41, 5.74) is 7.24. The maximum Gasteiger partial charge on any atom is 0.196 e. The van der Waals surface area contributed by atoms with Crippen molar-refractivity contribution in [2.75, 3.05) is 11.4 Å². The van der Waals surface area contributed by atoms with Gasteiger partial charge in [0, 0.05) is 10.7 Å². The van der Waals surface area contributed by atoms with Crippen LogP contribution in [0.25, 0.3) is 0 Å². The molecular formula is C13H16ClN3. The summed E-state index contributed by atoms with van der Waals surface area (Å²) in [5, 5.41) is 0.746. The van der Waals surface area contributed by atoms with Crippen molar-refractivity contribution < 1.29 is 0 Å². The van der Waals surface area contributed by atoms with Gasteiger partial charge in [-0.2, -0.15) is 0 Å². The van der Waals surface area contributed by atoms with Crippen LogP contribution in [0.15, 0.2) is 29.3 Å². The van der Waals surface area contributed by atoms with E-state index in [1.807, 2.05) is 18.2 Å². The molecule has 90 valence electrons. The molecule has 1 spiro atoms. The summed E-state index contributed by atoms with van der Waals surface area (Å²) < 4.78 is 0. The average Bonchev–Trinajstić information content (AvgIpc) is 2.88. The molecule has 1 fully saturated rings. The van der Waals surface area contributed by atoms with Gasteiger partial charge in [0.05, 0.1) is 12.1 Å². The Kier molecular flexibility index (Phi) is 2.51. The molecule has 1 aliphatic heterocycles. The highest BCUT2D eigenvalue weighted by molar-refractivity contribution is 6.31. The number of hydrogen-bond donors (Lipinski definition) is 1. The molecule has 1 heterocycles. The van der Waals surface area contributed by atoms with E-state index in [1.165, 1.54) is 25.7 Å². The van der Waals surface area contributed by atoms with Crippen LogP contribution in [0.4, 0.5) is 5.69 Å². The molecule has 0 unspecified atom stereocenters. The van der Waals surface area contributed by atoms with E-state index in [0.717, 1.165) is 17.3 Å². The number of halogens is 1. The van der Waals surface area contributed by atoms with Gasteiger partial charge in [0.1, 0.15) is 0 Å². The fourth-order valence-electron chi connectivity index (χ4n) is 3.05. The minimum absolute atomic E-state index is 0.120. The molecule has 2 N–H and O–H groups in total. The lowest BCUT2D eigenvalue weighted by Gasteiger charge is -2.36. The van der Waals surface area contributed by atoms with Crippen molar-refractivity contribution >= 4 is 23.2 Å². The molecule has 17 heavy (non-hydrogen) atoms. The average molecular weight is 250 g/mol. The van der Waals surface area contributed by atoms with Crippen LogP contribution in [0.3, 0.4) is 0 Å². The zero-order valence-corrected chi connectivity index (χ0v) is 10.5. The summed E-state index contributed by atoms with van der Waals surface area (Å²) in [6.07, 6.45) is 4.87. The van der Waals surface area contributed by atoms with Gasteiger partial charge in [-0.15, -0.1) is 0 Å². The van der Waals surface area contributed by atoms with Crippen LogP contribution < -0.4 is 10.6 Å². The molecule has 0 aromatic heterocycles. The second kappa shape index (κ2) is 3.91. The zero-order valence-electron chi connectivity index (χ0n) is 9.69. The Morgan fingerprint density at radius 3 is 2.76 bits per heavy atom. The summed E-state index contributed by atoms with van der Waals surface area (Å²) in [5.74, 6) is 0.633. The first kappa shape index (κ1) is 10.9. The molecule has 1 aromatic carbocycles. The first-order valence-corrected chi connectivity index (χ1v) is 6.45. The quantitative estimate of drug-likeness (QED) is 0.832. The van der Waals surface area contributed by atoms with Crippen LogP contribution in [0, 0.1) is 0 Å². The van der Waals surface area contributed by atoms with Crippen LogP contribution in [0.1, 0.15) is 25.7 Å². The summed E-state index contributed by atoms with van der Waals surface area (Å²) in [6, 6.07) is 7.87. The van der Waals surface area contributed by atoms with Crippen LogP contribution in [0.2, 0.25) is 5.02 Å². The van der Waals surface area contributed by atoms with Gasteiger partial charge >= 0.3 is 0 Å². The van der Waals surface area contributed by atoms with Crippen LogP contribution in [0.5, 0.6) is 0 Å². The maximum absolute atomic E-state index is 6.06. The standard InChI is InChI=1S/C13H16ClN3/c14-10-4-3-5-11(8-10)17-12(15)16-9-13(17)6-1-2-7-13/h3-5,8H,1-2,6-7,9H2,(H2,15,16). The predicted molar refractivity (Wildman–Crippen MR) is 71.6 cm³/mol. The Morgan fingerprint density at radius 1 is 1.29 bits per heavy atom. The van der Waals surface area contributed by atoms with Crippen molar-refractivity contribution in [1.82, 2.24) is 0 Å². The number of hydrogen-bond acceptors (Lipinski definition) is 3. The number of aliphatic imine (C=N–C) groups is 1. The van der Waals surface area contributed by atoms with E-state index >= 15 is 0 Å². The number of guanidine groups is 1. The zero-order chi connectivity index (χ0) is 11.9. The van der Waals surface area contributed by atoms with Gasteiger partial charge in [0.25, 0.3) is 0 Å². The van der Waals surface area contributed by atoms with Gasteiger partial charge in [-0.25, -0.2) is 0 Å². The second-order valence-electron chi connectivity index (χ2n) is 4.92. The molecule has 2 aliphatic rings. The smallest absolute Gasteiger partial charge is 0.196 e. The highest BCUT2D eigenvalue weighted by Crippen LogP contribution is 2.41. The lowest BCUT2D eigenvalue weighted by Crippen LogP contribution is -2.50. The van der Waals surface area contributed by atoms with Crippen molar-refractivity contribution in [3.05, 3.63) is 29.3 Å². The van der Waals surface area contributed by atoms with E-state index < -0.39 is 0 Å². The summed E-state index contributed by atoms with van der Waals surface area (Å²) in [6.45, 7) is 0.825. The third-order valence-electron chi connectivity index (χ3n) is 3.84. The molecule has 4 heteroatoms. The largest absolute Gasteiger partial charge is 0.369 e. The summed E-state index contributed by atoms with van der Waals surface area (Å²) in [4.78, 5) is 6.62. The second-order valence-corrected chi connectivity index (χ2v) is 5.36. The molecule has 3 nitrogen and oxygen atoms in total. The predicted octanol–water partition coefficient (Wildman–Crippen LogP) is 2.79. The molecule has 0 bridgehead atoms. The van der Waals surface area contributed by atoms with E-state index in [9.17, 15) is 0 Å². The molecule has 0 radical (unpaired) electrons. The number of nitrogens with zero attached hydrogens (tertiary/aromatic N) is 2. The monoisotopic (exact) mass is 249 g/mol. The SMILES string of the molecule is NC1=NCC2(CCCC2)N1c1cccc(Cl)c1. The Bertz CT molecular complexity index is 463. The van der Waals surface area contributed by atoms with Gasteiger partial charge < -0.3 is 10.6 Å². The number of nitrogens with two attached hydrogens (primary N) is 1. The third kappa shape index (κ3) is 1.69. The normalized spacial score (nSPS) is 22.2. The van der Waals surface area contributed by atoms with Crippen molar-refractivity contribution in [2.24, 2.45) is 10.7 Å². The Balaban J connectivity index is 2.01. The molecule has 1 saturated carbocycles. The Morgan fingerprint density at radius 2 is 2.06 bits per heavy atom. The first-order valence-electron chi connectivity index (χ1n) is 6.07. The van der Waals surface area contributed by atoms with Crippen LogP contribution in [-0.2, 0) is 0 Å². The van der Waals surface area contributed by atoms with Gasteiger partial charge in [-0.05, 0) is 31.0 Å². The van der Waals surface area contributed by atoms with Crippen LogP contribution >= 0.6 is 11.6 Å². The minimum atomic E-state index is 0.120. The molecule has 3 rings (SSSR count). The van der Waals surface area contributed by atoms with Crippen molar-refractivity contribution in [3.63, 3.8) is 0 Å². The number of benzene rings is 1. The van der Waals surface area contributed by atoms with E-state index in [0.29, 0.717) is 5.96 Å². The fraction of sp³-hybridized carbons (Fsp3) is 0.462. The molecule has 1 aromatic rings. The van der Waals surface area contributed by atoms with Gasteiger partial charge in [-0.3, -0.25) is 4.99 Å².